The molecular formula is C19H15NO2. The van der Waals surface area contributed by atoms with Gasteiger partial charge in [-0.1, -0.05) is 54.6 Å². The van der Waals surface area contributed by atoms with Crippen molar-refractivity contribution in [3.05, 3.63) is 77.9 Å². The second-order valence-electron chi connectivity index (χ2n) is 5.08. The predicted molar refractivity (Wildman–Crippen MR) is 88.1 cm³/mol. The zero-order chi connectivity index (χ0) is 15.5. The number of benzene rings is 3. The van der Waals surface area contributed by atoms with E-state index in [1.54, 1.807) is 24.3 Å². The molecule has 3 nitrogen and oxygen atoms in total. The van der Waals surface area contributed by atoms with Crippen LogP contribution in [0.1, 0.15) is 22.8 Å². The van der Waals surface area contributed by atoms with Crippen molar-refractivity contribution in [1.29, 1.82) is 0 Å². The van der Waals surface area contributed by atoms with Crippen LogP contribution in [0.3, 0.4) is 0 Å². The molecule has 0 heterocycles. The van der Waals surface area contributed by atoms with Gasteiger partial charge in [-0.15, -0.1) is 0 Å². The van der Waals surface area contributed by atoms with Gasteiger partial charge in [-0.2, -0.15) is 0 Å². The number of ketones is 1. The van der Waals surface area contributed by atoms with Crippen LogP contribution >= 0.6 is 0 Å². The largest absolute Gasteiger partial charge is 0.326 e. The molecule has 22 heavy (non-hydrogen) atoms. The van der Waals surface area contributed by atoms with Crippen LogP contribution in [0.5, 0.6) is 0 Å². The van der Waals surface area contributed by atoms with E-state index in [4.69, 9.17) is 0 Å². The summed E-state index contributed by atoms with van der Waals surface area (Å²) in [6, 6.07) is 20.3. The van der Waals surface area contributed by atoms with Gasteiger partial charge in [0.2, 0.25) is 5.91 Å². The molecule has 0 bridgehead atoms. The molecule has 1 amide bonds. The summed E-state index contributed by atoms with van der Waals surface area (Å²) in [4.78, 5) is 24.0. The first-order valence-electron chi connectivity index (χ1n) is 7.06. The van der Waals surface area contributed by atoms with E-state index < -0.39 is 0 Å². The lowest BCUT2D eigenvalue weighted by molar-refractivity contribution is -0.114. The lowest BCUT2D eigenvalue weighted by atomic mass is 9.96. The third-order valence-corrected chi connectivity index (χ3v) is 3.52. The Kier molecular flexibility index (Phi) is 3.71. The number of amides is 1. The molecule has 3 aromatic carbocycles. The summed E-state index contributed by atoms with van der Waals surface area (Å²) >= 11 is 0. The minimum absolute atomic E-state index is 0.0221. The molecule has 1 N–H and O–H groups in total. The summed E-state index contributed by atoms with van der Waals surface area (Å²) in [6.45, 7) is 1.47. The van der Waals surface area contributed by atoms with E-state index in [2.05, 4.69) is 5.32 Å². The number of hydrogen-bond acceptors (Lipinski definition) is 2. The van der Waals surface area contributed by atoms with Crippen LogP contribution in [0, 0.1) is 0 Å². The first kappa shape index (κ1) is 14.0. The van der Waals surface area contributed by atoms with Crippen LogP contribution in [0.4, 0.5) is 5.69 Å². The minimum Gasteiger partial charge on any atom is -0.326 e. The van der Waals surface area contributed by atoms with E-state index in [-0.39, 0.29) is 11.7 Å². The van der Waals surface area contributed by atoms with Gasteiger partial charge >= 0.3 is 0 Å². The maximum atomic E-state index is 12.7. The molecule has 3 heteroatoms. The smallest absolute Gasteiger partial charge is 0.221 e. The fourth-order valence-electron chi connectivity index (χ4n) is 2.54. The molecule has 0 radical (unpaired) electrons. The first-order chi connectivity index (χ1) is 10.7. The highest BCUT2D eigenvalue weighted by molar-refractivity contribution is 6.18. The van der Waals surface area contributed by atoms with Crippen LogP contribution in [0.15, 0.2) is 66.7 Å². The molecule has 3 rings (SSSR count). The van der Waals surface area contributed by atoms with Gasteiger partial charge in [-0.05, 0) is 17.5 Å². The molecule has 0 aliphatic heterocycles. The van der Waals surface area contributed by atoms with Gasteiger partial charge in [0.15, 0.2) is 5.78 Å². The number of fused-ring (bicyclic) bond motifs is 1. The third kappa shape index (κ3) is 2.61. The molecule has 108 valence electrons. The Hall–Kier alpha value is -2.94. The molecular weight excluding hydrogens is 274 g/mol. The number of hydrogen-bond donors (Lipinski definition) is 1. The van der Waals surface area contributed by atoms with E-state index in [1.165, 1.54) is 6.92 Å². The predicted octanol–water partition coefficient (Wildman–Crippen LogP) is 4.03. The van der Waals surface area contributed by atoms with E-state index in [9.17, 15) is 9.59 Å². The number of rotatable bonds is 3. The van der Waals surface area contributed by atoms with E-state index in [1.807, 2.05) is 42.5 Å². The lowest BCUT2D eigenvalue weighted by Crippen LogP contribution is -2.08. The number of carbonyl (C=O) groups excluding carboxylic acids is 2. The van der Waals surface area contributed by atoms with Crippen LogP contribution in [-0.2, 0) is 4.79 Å². The van der Waals surface area contributed by atoms with E-state index >= 15 is 0 Å². The van der Waals surface area contributed by atoms with E-state index in [0.717, 1.165) is 10.8 Å². The molecule has 0 fully saturated rings. The average molecular weight is 289 g/mol. The molecule has 0 aliphatic carbocycles. The molecule has 0 saturated heterocycles. The second-order valence-corrected chi connectivity index (χ2v) is 5.08. The van der Waals surface area contributed by atoms with Crippen LogP contribution in [0.25, 0.3) is 10.8 Å². The SMILES string of the molecule is CC(=O)Nc1ccc(C(=O)c2ccccc2)c2ccccc12. The van der Waals surface area contributed by atoms with E-state index in [0.29, 0.717) is 16.8 Å². The summed E-state index contributed by atoms with van der Waals surface area (Å²) in [6.07, 6.45) is 0. The van der Waals surface area contributed by atoms with Crippen molar-refractivity contribution in [3.63, 3.8) is 0 Å². The zero-order valence-corrected chi connectivity index (χ0v) is 12.2. The Bertz CT molecular complexity index is 854. The van der Waals surface area contributed by atoms with Crippen LogP contribution < -0.4 is 5.32 Å². The van der Waals surface area contributed by atoms with Gasteiger partial charge in [0, 0.05) is 29.1 Å². The first-order valence-corrected chi connectivity index (χ1v) is 7.06. The van der Waals surface area contributed by atoms with Crippen molar-refractivity contribution in [2.24, 2.45) is 0 Å². The standard InChI is InChI=1S/C19H15NO2/c1-13(21)20-18-12-11-17(15-9-5-6-10-16(15)18)19(22)14-7-3-2-4-8-14/h2-12H,1H3,(H,20,21). The molecule has 0 atom stereocenters. The van der Waals surface area contributed by atoms with Crippen molar-refractivity contribution < 1.29 is 9.59 Å². The van der Waals surface area contributed by atoms with Crippen molar-refractivity contribution in [1.82, 2.24) is 0 Å². The highest BCUT2D eigenvalue weighted by atomic mass is 16.1. The molecule has 0 unspecified atom stereocenters. The van der Waals surface area contributed by atoms with Gasteiger partial charge in [-0.3, -0.25) is 9.59 Å². The van der Waals surface area contributed by atoms with Gasteiger partial charge in [-0.25, -0.2) is 0 Å². The third-order valence-electron chi connectivity index (χ3n) is 3.52. The van der Waals surface area contributed by atoms with Crippen molar-refractivity contribution in [2.75, 3.05) is 5.32 Å². The fraction of sp³-hybridized carbons (Fsp3) is 0.0526. The highest BCUT2D eigenvalue weighted by Crippen LogP contribution is 2.28. The Balaban J connectivity index is 2.16. The number of carbonyl (C=O) groups is 2. The van der Waals surface area contributed by atoms with Gasteiger partial charge in [0.1, 0.15) is 0 Å². The Labute approximate surface area is 128 Å². The second kappa shape index (κ2) is 5.82. The minimum atomic E-state index is -0.132. The Morgan fingerprint density at radius 3 is 2.09 bits per heavy atom. The normalized spacial score (nSPS) is 10.4. The zero-order valence-electron chi connectivity index (χ0n) is 12.2. The van der Waals surface area contributed by atoms with Crippen LogP contribution in [-0.4, -0.2) is 11.7 Å². The van der Waals surface area contributed by atoms with Crippen molar-refractivity contribution >= 4 is 28.2 Å². The lowest BCUT2D eigenvalue weighted by Gasteiger charge is -2.11. The maximum Gasteiger partial charge on any atom is 0.221 e. The van der Waals surface area contributed by atoms with Gasteiger partial charge in [0.05, 0.1) is 0 Å². The van der Waals surface area contributed by atoms with Crippen molar-refractivity contribution in [2.45, 2.75) is 6.92 Å². The quantitative estimate of drug-likeness (QED) is 0.740. The molecule has 0 spiro atoms. The molecule has 0 aromatic heterocycles. The fourth-order valence-corrected chi connectivity index (χ4v) is 2.54. The maximum absolute atomic E-state index is 12.7. The highest BCUT2D eigenvalue weighted by Gasteiger charge is 2.14. The summed E-state index contributed by atoms with van der Waals surface area (Å²) in [5, 5.41) is 4.50. The topological polar surface area (TPSA) is 46.2 Å². The monoisotopic (exact) mass is 289 g/mol. The van der Waals surface area contributed by atoms with Gasteiger partial charge < -0.3 is 5.32 Å². The summed E-state index contributed by atoms with van der Waals surface area (Å²) < 4.78 is 0. The Morgan fingerprint density at radius 1 is 0.773 bits per heavy atom. The summed E-state index contributed by atoms with van der Waals surface area (Å²) in [7, 11) is 0. The molecule has 0 saturated carbocycles. The summed E-state index contributed by atoms with van der Waals surface area (Å²) in [5.74, 6) is -0.154. The van der Waals surface area contributed by atoms with Gasteiger partial charge in [0.25, 0.3) is 0 Å². The molecule has 3 aromatic rings. The van der Waals surface area contributed by atoms with Crippen molar-refractivity contribution in [3.8, 4) is 0 Å². The number of anilines is 1. The summed E-state index contributed by atoms with van der Waals surface area (Å²) in [5.41, 5.74) is 2.00. The average Bonchev–Trinajstić information content (AvgIpc) is 2.55. The molecule has 0 aliphatic rings. The number of nitrogens with one attached hydrogen (secondary N) is 1. The van der Waals surface area contributed by atoms with Crippen LogP contribution in [0.2, 0.25) is 0 Å². The Morgan fingerprint density at radius 2 is 1.41 bits per heavy atom.